The number of urea groups is 1. The summed E-state index contributed by atoms with van der Waals surface area (Å²) in [5.41, 5.74) is 4.22. The first kappa shape index (κ1) is 27.0. The predicted molar refractivity (Wildman–Crippen MR) is 149 cm³/mol. The quantitative estimate of drug-likeness (QED) is 0.352. The normalized spacial score (nSPS) is 15.1. The molecule has 1 aliphatic heterocycles. The van der Waals surface area contributed by atoms with Gasteiger partial charge in [-0.1, -0.05) is 59.6 Å². The fourth-order valence-corrected chi connectivity index (χ4v) is 5.35. The molecule has 0 aromatic heterocycles. The third kappa shape index (κ3) is 7.03. The van der Waals surface area contributed by atoms with E-state index in [2.05, 4.69) is 45.9 Å². The van der Waals surface area contributed by atoms with Crippen LogP contribution in [-0.2, 0) is 10.2 Å². The highest BCUT2D eigenvalue weighted by Gasteiger charge is 2.36. The summed E-state index contributed by atoms with van der Waals surface area (Å²) >= 11 is 12.1. The molecule has 1 aliphatic rings. The summed E-state index contributed by atoms with van der Waals surface area (Å²) < 4.78 is 5.26. The van der Waals surface area contributed by atoms with Gasteiger partial charge in [0.25, 0.3) is 0 Å². The van der Waals surface area contributed by atoms with E-state index in [4.69, 9.17) is 27.9 Å². The summed E-state index contributed by atoms with van der Waals surface area (Å²) in [5.74, 6) is 0. The summed E-state index contributed by atoms with van der Waals surface area (Å²) in [7, 11) is 1.72. The van der Waals surface area contributed by atoms with Crippen LogP contribution in [0.1, 0.15) is 24.0 Å². The third-order valence-electron chi connectivity index (χ3n) is 6.95. The minimum absolute atomic E-state index is 0.208. The molecule has 37 heavy (non-hydrogen) atoms. The lowest BCUT2D eigenvalue weighted by Crippen LogP contribution is -2.50. The number of nitriles is 1. The summed E-state index contributed by atoms with van der Waals surface area (Å²) in [6.07, 6.45) is 1.81. The number of hydrogen-bond acceptors (Lipinski definition) is 4. The van der Waals surface area contributed by atoms with Crippen molar-refractivity contribution in [3.8, 4) is 17.2 Å². The van der Waals surface area contributed by atoms with Gasteiger partial charge in [-0.25, -0.2) is 4.79 Å². The first-order valence-electron chi connectivity index (χ1n) is 12.2. The molecule has 0 radical (unpaired) electrons. The molecular weight excluding hydrogens is 507 g/mol. The second-order valence-electron chi connectivity index (χ2n) is 9.35. The Morgan fingerprint density at radius 2 is 1.73 bits per heavy atom. The van der Waals surface area contributed by atoms with E-state index >= 15 is 0 Å². The van der Waals surface area contributed by atoms with Crippen LogP contribution in [0.15, 0.2) is 66.7 Å². The fraction of sp³-hybridized carbons (Fsp3) is 0.310. The average molecular weight is 537 g/mol. The van der Waals surface area contributed by atoms with Crippen LogP contribution >= 0.6 is 23.2 Å². The van der Waals surface area contributed by atoms with E-state index < -0.39 is 0 Å². The number of ether oxygens (including phenoxy) is 1. The second-order valence-corrected chi connectivity index (χ2v) is 10.2. The summed E-state index contributed by atoms with van der Waals surface area (Å²) in [4.78, 5) is 15.2. The summed E-state index contributed by atoms with van der Waals surface area (Å²) in [6.45, 7) is 3.93. The van der Waals surface area contributed by atoms with Crippen molar-refractivity contribution in [2.24, 2.45) is 0 Å². The van der Waals surface area contributed by atoms with Crippen molar-refractivity contribution in [2.45, 2.75) is 18.3 Å². The molecule has 1 fully saturated rings. The van der Waals surface area contributed by atoms with Crippen LogP contribution in [0.3, 0.4) is 0 Å². The van der Waals surface area contributed by atoms with Crippen LogP contribution in [0.4, 0.5) is 10.5 Å². The number of piperidine rings is 1. The molecule has 1 saturated heterocycles. The number of carbonyl (C=O) groups is 1. The van der Waals surface area contributed by atoms with Crippen LogP contribution in [0.25, 0.3) is 11.1 Å². The smallest absolute Gasteiger partial charge is 0.319 e. The standard InChI is InChI=1S/C29H30Cl2N4O2/c1-37-14-13-35-11-9-29(10-12-35,20-33-28(36)34-27-17-25(30)16-26(31)18-27)24-7-5-22(6-8-24)23-4-2-3-21(15-23)19-32/h2-8,15-18H,9-14,20H2,1H3,(H2,33,34,36). The molecule has 0 unspecified atom stereocenters. The minimum Gasteiger partial charge on any atom is -0.383 e. The molecule has 4 rings (SSSR count). The van der Waals surface area contributed by atoms with E-state index in [0.717, 1.165) is 43.6 Å². The van der Waals surface area contributed by atoms with Crippen molar-refractivity contribution in [1.82, 2.24) is 10.2 Å². The molecule has 3 aromatic rings. The largest absolute Gasteiger partial charge is 0.383 e. The number of carbonyl (C=O) groups excluding carboxylic acids is 1. The van der Waals surface area contributed by atoms with Gasteiger partial charge in [-0.2, -0.15) is 5.26 Å². The maximum atomic E-state index is 12.8. The van der Waals surface area contributed by atoms with Gasteiger partial charge in [0.05, 0.1) is 18.2 Å². The average Bonchev–Trinajstić information content (AvgIpc) is 2.91. The van der Waals surface area contributed by atoms with Crippen molar-refractivity contribution < 1.29 is 9.53 Å². The first-order valence-corrected chi connectivity index (χ1v) is 13.0. The number of benzene rings is 3. The number of hydrogen-bond donors (Lipinski definition) is 2. The Bertz CT molecular complexity index is 1250. The zero-order valence-corrected chi connectivity index (χ0v) is 22.3. The van der Waals surface area contributed by atoms with E-state index in [1.54, 1.807) is 31.4 Å². The van der Waals surface area contributed by atoms with E-state index in [1.807, 2.05) is 18.2 Å². The van der Waals surface area contributed by atoms with Gasteiger partial charge >= 0.3 is 6.03 Å². The van der Waals surface area contributed by atoms with Gasteiger partial charge in [0, 0.05) is 41.3 Å². The van der Waals surface area contributed by atoms with Gasteiger partial charge in [0.1, 0.15) is 0 Å². The number of nitrogens with one attached hydrogen (secondary N) is 2. The van der Waals surface area contributed by atoms with Crippen LogP contribution in [0.5, 0.6) is 0 Å². The van der Waals surface area contributed by atoms with Gasteiger partial charge in [-0.3, -0.25) is 0 Å². The Labute approximate surface area is 228 Å². The molecule has 1 heterocycles. The highest BCUT2D eigenvalue weighted by atomic mass is 35.5. The van der Waals surface area contributed by atoms with E-state index in [1.165, 1.54) is 5.56 Å². The number of rotatable bonds is 8. The van der Waals surface area contributed by atoms with Crippen LogP contribution < -0.4 is 10.6 Å². The monoisotopic (exact) mass is 536 g/mol. The Morgan fingerprint density at radius 1 is 1.03 bits per heavy atom. The molecule has 192 valence electrons. The Hall–Kier alpha value is -3.08. The van der Waals surface area contributed by atoms with Crippen molar-refractivity contribution in [3.05, 3.63) is 87.9 Å². The Morgan fingerprint density at radius 3 is 2.38 bits per heavy atom. The molecule has 2 N–H and O–H groups in total. The van der Waals surface area contributed by atoms with Crippen molar-refractivity contribution in [3.63, 3.8) is 0 Å². The highest BCUT2D eigenvalue weighted by molar-refractivity contribution is 6.35. The van der Waals surface area contributed by atoms with Gasteiger partial charge < -0.3 is 20.3 Å². The SMILES string of the molecule is COCCN1CCC(CNC(=O)Nc2cc(Cl)cc(Cl)c2)(c2ccc(-c3cccc(C#N)c3)cc2)CC1. The molecule has 0 aliphatic carbocycles. The van der Waals surface area contributed by atoms with Gasteiger partial charge in [0.2, 0.25) is 0 Å². The lowest BCUT2D eigenvalue weighted by molar-refractivity contribution is 0.109. The number of nitrogens with zero attached hydrogens (tertiary/aromatic N) is 2. The number of halogens is 2. The van der Waals surface area contributed by atoms with Crippen LogP contribution in [0.2, 0.25) is 10.0 Å². The van der Waals surface area contributed by atoms with Crippen molar-refractivity contribution in [2.75, 3.05) is 45.2 Å². The van der Waals surface area contributed by atoms with Crippen LogP contribution in [0, 0.1) is 11.3 Å². The third-order valence-corrected chi connectivity index (χ3v) is 7.39. The lowest BCUT2D eigenvalue weighted by atomic mass is 9.72. The number of likely N-dealkylation sites (tertiary alicyclic amines) is 1. The van der Waals surface area contributed by atoms with Gasteiger partial charge in [0.15, 0.2) is 0 Å². The van der Waals surface area contributed by atoms with E-state index in [-0.39, 0.29) is 11.4 Å². The first-order chi connectivity index (χ1) is 17.9. The molecule has 3 aromatic carbocycles. The molecule has 0 spiro atoms. The predicted octanol–water partition coefficient (Wildman–Crippen LogP) is 6.33. The number of methoxy groups -OCH3 is 1. The molecule has 0 atom stereocenters. The summed E-state index contributed by atoms with van der Waals surface area (Å²) in [6, 6.07) is 22.9. The Kier molecular flexibility index (Phi) is 9.07. The Balaban J connectivity index is 1.51. The van der Waals surface area contributed by atoms with E-state index in [9.17, 15) is 10.1 Å². The maximum absolute atomic E-state index is 12.8. The zero-order valence-electron chi connectivity index (χ0n) is 20.8. The lowest BCUT2D eigenvalue weighted by Gasteiger charge is -2.42. The topological polar surface area (TPSA) is 77.4 Å². The van der Waals surface area contributed by atoms with Gasteiger partial charge in [-0.05, 0) is 73.0 Å². The van der Waals surface area contributed by atoms with Crippen LogP contribution in [-0.4, -0.2) is 50.8 Å². The second kappa shape index (κ2) is 12.4. The molecule has 0 bridgehead atoms. The van der Waals surface area contributed by atoms with Crippen molar-refractivity contribution >= 4 is 34.9 Å². The zero-order chi connectivity index (χ0) is 26.3. The fourth-order valence-electron chi connectivity index (χ4n) is 4.83. The summed E-state index contributed by atoms with van der Waals surface area (Å²) in [5, 5.41) is 16.1. The molecule has 6 nitrogen and oxygen atoms in total. The molecule has 0 saturated carbocycles. The maximum Gasteiger partial charge on any atom is 0.319 e. The highest BCUT2D eigenvalue weighted by Crippen LogP contribution is 2.36. The van der Waals surface area contributed by atoms with Crippen molar-refractivity contribution in [1.29, 1.82) is 5.26 Å². The minimum atomic E-state index is -0.301. The molecular formula is C29H30Cl2N4O2. The van der Waals surface area contributed by atoms with Gasteiger partial charge in [-0.15, -0.1) is 0 Å². The number of amides is 2. The van der Waals surface area contributed by atoms with E-state index in [0.29, 0.717) is 34.4 Å². The number of anilines is 1. The molecule has 8 heteroatoms. The molecule has 2 amide bonds.